The molecule has 1 aliphatic heterocycles. The summed E-state index contributed by atoms with van der Waals surface area (Å²) in [5.74, 6) is 0.840. The molecule has 0 bridgehead atoms. The normalized spacial score (nSPS) is 27.6. The summed E-state index contributed by atoms with van der Waals surface area (Å²) in [4.78, 5) is 4.27. The Hall–Kier alpha value is -1.41. The smallest absolute Gasteiger partial charge is 0.0364 e. The van der Waals surface area contributed by atoms with Crippen LogP contribution in [0.15, 0.2) is 31.1 Å². The Labute approximate surface area is 96.1 Å². The van der Waals surface area contributed by atoms with Crippen LogP contribution in [0, 0.1) is 5.92 Å². The molecule has 0 aromatic carbocycles. The molecule has 0 spiro atoms. The second-order valence-electron chi connectivity index (χ2n) is 4.59. The van der Waals surface area contributed by atoms with Gasteiger partial charge in [0.05, 0.1) is 0 Å². The maximum Gasteiger partial charge on any atom is 0.0364 e. The van der Waals surface area contributed by atoms with E-state index in [-0.39, 0.29) is 0 Å². The van der Waals surface area contributed by atoms with Gasteiger partial charge in [0.15, 0.2) is 0 Å². The molecule has 1 aromatic rings. The van der Waals surface area contributed by atoms with Crippen molar-refractivity contribution in [2.45, 2.75) is 18.9 Å². The highest BCUT2D eigenvalue weighted by atomic mass is 15.0. The second-order valence-corrected chi connectivity index (χ2v) is 4.59. The molecule has 2 heterocycles. The number of nitrogens with zero attached hydrogens (tertiary/aromatic N) is 1. The molecule has 2 heteroatoms. The highest BCUT2D eigenvalue weighted by Crippen LogP contribution is 2.35. The number of hydrogen-bond acceptors (Lipinski definition) is 2. The minimum atomic E-state index is 0.565. The van der Waals surface area contributed by atoms with Crippen molar-refractivity contribution < 1.29 is 0 Å². The van der Waals surface area contributed by atoms with Crippen molar-refractivity contribution in [3.8, 4) is 0 Å². The summed E-state index contributed by atoms with van der Waals surface area (Å²) >= 11 is 0. The number of pyridine rings is 1. The van der Waals surface area contributed by atoms with Crippen LogP contribution in [0.4, 0.5) is 0 Å². The van der Waals surface area contributed by atoms with E-state index in [2.05, 4.69) is 29.0 Å². The average Bonchev–Trinajstić information content (AvgIpc) is 2.30. The van der Waals surface area contributed by atoms with Crippen LogP contribution in [0.2, 0.25) is 0 Å². The van der Waals surface area contributed by atoms with Crippen LogP contribution < -0.4 is 5.32 Å². The topological polar surface area (TPSA) is 24.9 Å². The lowest BCUT2D eigenvalue weighted by Gasteiger charge is -2.42. The van der Waals surface area contributed by atoms with E-state index in [1.54, 1.807) is 0 Å². The molecular formula is C14H16N2. The Bertz CT molecular complexity index is 448. The quantitative estimate of drug-likeness (QED) is 0.814. The van der Waals surface area contributed by atoms with Gasteiger partial charge >= 0.3 is 0 Å². The highest BCUT2D eigenvalue weighted by molar-refractivity contribution is 5.72. The lowest BCUT2D eigenvalue weighted by Crippen LogP contribution is -2.54. The summed E-state index contributed by atoms with van der Waals surface area (Å²) in [5, 5.41) is 3.51. The zero-order valence-corrected chi connectivity index (χ0v) is 9.32. The number of aromatic nitrogens is 1. The molecule has 1 aliphatic carbocycles. The van der Waals surface area contributed by atoms with Gasteiger partial charge in [-0.25, -0.2) is 0 Å². The minimum Gasteiger partial charge on any atom is -0.309 e. The fourth-order valence-corrected chi connectivity index (χ4v) is 2.64. The zero-order valence-electron chi connectivity index (χ0n) is 9.32. The van der Waals surface area contributed by atoms with Crippen molar-refractivity contribution >= 4 is 11.6 Å². The van der Waals surface area contributed by atoms with Gasteiger partial charge in [-0.2, -0.15) is 0 Å². The molecule has 16 heavy (non-hydrogen) atoms. The molecule has 1 saturated heterocycles. The minimum absolute atomic E-state index is 0.565. The maximum absolute atomic E-state index is 4.27. The lowest BCUT2D eigenvalue weighted by atomic mass is 9.76. The summed E-state index contributed by atoms with van der Waals surface area (Å²) in [6.45, 7) is 4.97. The van der Waals surface area contributed by atoms with E-state index >= 15 is 0 Å². The third kappa shape index (κ3) is 1.50. The number of allylic oxidation sites excluding steroid dienone is 1. The van der Waals surface area contributed by atoms with E-state index in [0.717, 1.165) is 11.5 Å². The van der Waals surface area contributed by atoms with Gasteiger partial charge in [-0.05, 0) is 41.5 Å². The Kier molecular flexibility index (Phi) is 2.37. The first kappa shape index (κ1) is 9.79. The van der Waals surface area contributed by atoms with Crippen molar-refractivity contribution in [3.05, 3.63) is 42.2 Å². The van der Waals surface area contributed by atoms with Crippen molar-refractivity contribution in [1.82, 2.24) is 10.3 Å². The first-order valence-electron chi connectivity index (χ1n) is 5.90. The maximum atomic E-state index is 4.27. The number of rotatable bonds is 2. The van der Waals surface area contributed by atoms with Gasteiger partial charge in [-0.1, -0.05) is 18.7 Å². The molecule has 1 aromatic heterocycles. The predicted octanol–water partition coefficient (Wildman–Crippen LogP) is 2.49. The van der Waals surface area contributed by atoms with Crippen LogP contribution >= 0.6 is 0 Å². The van der Waals surface area contributed by atoms with Gasteiger partial charge in [0.1, 0.15) is 0 Å². The standard InChI is InChI=1S/C14H16N2/c1-2-10-6-12(8-15-7-10)13-5-3-4-11-9-16-14(11)13/h2,5-8,11,14,16H,1,3-4,9H2/t11-,14+/m1/s1. The van der Waals surface area contributed by atoms with E-state index in [4.69, 9.17) is 0 Å². The molecule has 0 saturated carbocycles. The van der Waals surface area contributed by atoms with Crippen molar-refractivity contribution in [3.63, 3.8) is 0 Å². The van der Waals surface area contributed by atoms with Crippen LogP contribution in [0.5, 0.6) is 0 Å². The van der Waals surface area contributed by atoms with Gasteiger partial charge in [0.25, 0.3) is 0 Å². The molecule has 2 nitrogen and oxygen atoms in total. The summed E-state index contributed by atoms with van der Waals surface area (Å²) in [6, 6.07) is 2.74. The highest BCUT2D eigenvalue weighted by Gasteiger charge is 2.35. The summed E-state index contributed by atoms with van der Waals surface area (Å²) in [6.07, 6.45) is 10.6. The van der Waals surface area contributed by atoms with E-state index in [0.29, 0.717) is 6.04 Å². The third-order valence-electron chi connectivity index (χ3n) is 3.64. The fraction of sp³-hybridized carbons (Fsp3) is 0.357. The largest absolute Gasteiger partial charge is 0.309 e. The molecule has 1 N–H and O–H groups in total. The van der Waals surface area contributed by atoms with Crippen molar-refractivity contribution in [2.24, 2.45) is 5.92 Å². The first-order chi connectivity index (χ1) is 7.88. The van der Waals surface area contributed by atoms with Gasteiger partial charge in [-0.15, -0.1) is 0 Å². The molecular weight excluding hydrogens is 196 g/mol. The monoisotopic (exact) mass is 212 g/mol. The zero-order chi connectivity index (χ0) is 11.0. The van der Waals surface area contributed by atoms with Crippen LogP contribution in [-0.4, -0.2) is 17.6 Å². The van der Waals surface area contributed by atoms with Crippen LogP contribution in [0.25, 0.3) is 11.6 Å². The van der Waals surface area contributed by atoms with E-state index < -0.39 is 0 Å². The lowest BCUT2D eigenvalue weighted by molar-refractivity contribution is 0.262. The SMILES string of the molecule is C=Cc1cncc(C2=CCC[C@@H]3CN[C@H]23)c1. The van der Waals surface area contributed by atoms with Crippen molar-refractivity contribution in [1.29, 1.82) is 0 Å². The first-order valence-corrected chi connectivity index (χ1v) is 5.90. The van der Waals surface area contributed by atoms with Crippen LogP contribution in [-0.2, 0) is 0 Å². The summed E-state index contributed by atoms with van der Waals surface area (Å²) < 4.78 is 0. The number of nitrogens with one attached hydrogen (secondary N) is 1. The van der Waals surface area contributed by atoms with E-state index in [9.17, 15) is 0 Å². The fourth-order valence-electron chi connectivity index (χ4n) is 2.64. The molecule has 0 amide bonds. The van der Waals surface area contributed by atoms with Gasteiger partial charge in [0.2, 0.25) is 0 Å². The second kappa shape index (κ2) is 3.87. The van der Waals surface area contributed by atoms with E-state index in [1.807, 2.05) is 18.5 Å². The van der Waals surface area contributed by atoms with Crippen LogP contribution in [0.3, 0.4) is 0 Å². The molecule has 82 valence electrons. The third-order valence-corrected chi connectivity index (χ3v) is 3.64. The molecule has 2 atom stereocenters. The van der Waals surface area contributed by atoms with E-state index in [1.165, 1.54) is 30.5 Å². The Morgan fingerprint density at radius 1 is 1.44 bits per heavy atom. The Morgan fingerprint density at radius 3 is 3.12 bits per heavy atom. The molecule has 3 rings (SSSR count). The Balaban J connectivity index is 1.96. The average molecular weight is 212 g/mol. The Morgan fingerprint density at radius 2 is 2.38 bits per heavy atom. The van der Waals surface area contributed by atoms with Gasteiger partial charge < -0.3 is 5.32 Å². The molecule has 0 radical (unpaired) electrons. The van der Waals surface area contributed by atoms with Crippen LogP contribution in [0.1, 0.15) is 24.0 Å². The molecule has 0 unspecified atom stereocenters. The van der Waals surface area contributed by atoms with Gasteiger partial charge in [-0.3, -0.25) is 4.98 Å². The van der Waals surface area contributed by atoms with Crippen molar-refractivity contribution in [2.75, 3.05) is 6.54 Å². The summed E-state index contributed by atoms with van der Waals surface area (Å²) in [5.41, 5.74) is 3.78. The number of hydrogen-bond donors (Lipinski definition) is 1. The predicted molar refractivity (Wildman–Crippen MR) is 66.8 cm³/mol. The molecule has 1 fully saturated rings. The van der Waals surface area contributed by atoms with Gasteiger partial charge in [0, 0.05) is 25.0 Å². The summed E-state index contributed by atoms with van der Waals surface area (Å²) in [7, 11) is 0. The molecule has 2 aliphatic rings. The number of fused-ring (bicyclic) bond motifs is 1.